The van der Waals surface area contributed by atoms with Gasteiger partial charge in [0.2, 0.25) is 0 Å². The Balaban J connectivity index is 1.53. The van der Waals surface area contributed by atoms with Crippen molar-refractivity contribution in [1.82, 2.24) is 24.1 Å². The summed E-state index contributed by atoms with van der Waals surface area (Å²) >= 11 is 0. The second-order valence-corrected chi connectivity index (χ2v) is 7.08. The van der Waals surface area contributed by atoms with E-state index >= 15 is 0 Å². The summed E-state index contributed by atoms with van der Waals surface area (Å²) in [6, 6.07) is 17.7. The largest absolute Gasteiger partial charge is 0.497 e. The van der Waals surface area contributed by atoms with Crippen LogP contribution in [-0.4, -0.2) is 31.3 Å². The van der Waals surface area contributed by atoms with E-state index in [2.05, 4.69) is 40.6 Å². The number of nitrogens with zero attached hydrogens (tertiary/aromatic N) is 5. The summed E-state index contributed by atoms with van der Waals surface area (Å²) in [6.07, 6.45) is 1.71. The molecule has 0 unspecified atom stereocenters. The molecule has 0 radical (unpaired) electrons. The Morgan fingerprint density at radius 2 is 1.63 bits per heavy atom. The van der Waals surface area contributed by atoms with E-state index in [-0.39, 0.29) is 6.61 Å². The first-order valence-corrected chi connectivity index (χ1v) is 9.70. The summed E-state index contributed by atoms with van der Waals surface area (Å²) in [4.78, 5) is 9.43. The molecule has 0 bridgehead atoms. The topological polar surface area (TPSA) is 66.5 Å². The quantitative estimate of drug-likeness (QED) is 0.441. The molecular formula is C23H21N5O2. The van der Waals surface area contributed by atoms with Crippen LogP contribution in [0.1, 0.15) is 17.1 Å². The van der Waals surface area contributed by atoms with Crippen LogP contribution in [0.25, 0.3) is 22.4 Å². The van der Waals surface area contributed by atoms with Gasteiger partial charge in [-0.2, -0.15) is 0 Å². The molecule has 0 aliphatic rings. The van der Waals surface area contributed by atoms with Crippen LogP contribution in [-0.2, 0) is 6.61 Å². The number of aryl methyl sites for hydroxylation is 1. The van der Waals surface area contributed by atoms with Gasteiger partial charge < -0.3 is 9.47 Å². The SMILES string of the molecule is COc1ccc(OCc2nc3c4c(C)c(C)n(-c5ccccc5)c4ncn3n2)cc1. The van der Waals surface area contributed by atoms with E-state index in [0.717, 1.165) is 45.1 Å². The molecule has 0 N–H and O–H groups in total. The second-order valence-electron chi connectivity index (χ2n) is 7.08. The van der Waals surface area contributed by atoms with Crippen molar-refractivity contribution in [2.75, 3.05) is 7.11 Å². The number of rotatable bonds is 5. The minimum Gasteiger partial charge on any atom is -0.497 e. The first-order valence-electron chi connectivity index (χ1n) is 9.70. The van der Waals surface area contributed by atoms with E-state index in [9.17, 15) is 0 Å². The lowest BCUT2D eigenvalue weighted by Gasteiger charge is -2.07. The number of para-hydroxylation sites is 1. The third-order valence-corrected chi connectivity index (χ3v) is 5.32. The molecule has 30 heavy (non-hydrogen) atoms. The van der Waals surface area contributed by atoms with Crippen LogP contribution >= 0.6 is 0 Å². The molecular weight excluding hydrogens is 378 g/mol. The summed E-state index contributed by atoms with van der Waals surface area (Å²) in [7, 11) is 1.64. The maximum absolute atomic E-state index is 5.84. The smallest absolute Gasteiger partial charge is 0.189 e. The molecule has 0 spiro atoms. The van der Waals surface area contributed by atoms with Crippen molar-refractivity contribution >= 4 is 16.7 Å². The Labute approximate surface area is 173 Å². The maximum atomic E-state index is 5.84. The molecule has 150 valence electrons. The third-order valence-electron chi connectivity index (χ3n) is 5.32. The molecule has 7 heteroatoms. The Morgan fingerprint density at radius 3 is 2.37 bits per heavy atom. The molecule has 0 atom stereocenters. The molecule has 0 saturated heterocycles. The van der Waals surface area contributed by atoms with Crippen molar-refractivity contribution in [1.29, 1.82) is 0 Å². The average Bonchev–Trinajstić information content (AvgIpc) is 3.31. The van der Waals surface area contributed by atoms with E-state index < -0.39 is 0 Å². The van der Waals surface area contributed by atoms with E-state index in [1.807, 2.05) is 42.5 Å². The molecule has 5 rings (SSSR count). The Hall–Kier alpha value is -3.87. The summed E-state index contributed by atoms with van der Waals surface area (Å²) in [5.74, 6) is 2.13. The van der Waals surface area contributed by atoms with Gasteiger partial charge >= 0.3 is 0 Å². The fourth-order valence-electron chi connectivity index (χ4n) is 3.68. The molecule has 0 amide bonds. The van der Waals surface area contributed by atoms with Crippen LogP contribution in [0.3, 0.4) is 0 Å². The van der Waals surface area contributed by atoms with Crippen LogP contribution in [0.2, 0.25) is 0 Å². The zero-order valence-electron chi connectivity index (χ0n) is 17.0. The number of aromatic nitrogens is 5. The molecule has 2 aromatic carbocycles. The number of hydrogen-bond donors (Lipinski definition) is 0. The lowest BCUT2D eigenvalue weighted by Crippen LogP contribution is -1.99. The number of fused-ring (bicyclic) bond motifs is 3. The first kappa shape index (κ1) is 18.2. The normalized spacial score (nSPS) is 11.3. The highest BCUT2D eigenvalue weighted by molar-refractivity contribution is 5.94. The van der Waals surface area contributed by atoms with E-state index in [0.29, 0.717) is 5.82 Å². The number of methoxy groups -OCH3 is 1. The summed E-state index contributed by atoms with van der Waals surface area (Å²) < 4.78 is 14.9. The zero-order chi connectivity index (χ0) is 20.7. The van der Waals surface area contributed by atoms with E-state index in [1.54, 1.807) is 18.0 Å². The van der Waals surface area contributed by atoms with Gasteiger partial charge in [-0.25, -0.2) is 14.5 Å². The molecule has 7 nitrogen and oxygen atoms in total. The van der Waals surface area contributed by atoms with Gasteiger partial charge in [-0.15, -0.1) is 5.10 Å². The monoisotopic (exact) mass is 399 g/mol. The molecule has 3 aromatic heterocycles. The predicted octanol–water partition coefficient (Wildman–Crippen LogP) is 4.27. The van der Waals surface area contributed by atoms with Gasteiger partial charge in [0, 0.05) is 11.4 Å². The zero-order valence-corrected chi connectivity index (χ0v) is 17.0. The standard InChI is InChI=1S/C23H21N5O2/c1-15-16(2)28(17-7-5-4-6-8-17)22-21(15)23-25-20(26-27(23)14-24-22)13-30-19-11-9-18(29-3)10-12-19/h4-12,14H,13H2,1-3H3. The molecule has 0 saturated carbocycles. The van der Waals surface area contributed by atoms with Crippen molar-refractivity contribution in [2.24, 2.45) is 0 Å². The number of hydrogen-bond acceptors (Lipinski definition) is 5. The van der Waals surface area contributed by atoms with Gasteiger partial charge in [0.25, 0.3) is 0 Å². The van der Waals surface area contributed by atoms with Crippen molar-refractivity contribution in [3.63, 3.8) is 0 Å². The highest BCUT2D eigenvalue weighted by Gasteiger charge is 2.18. The van der Waals surface area contributed by atoms with Gasteiger partial charge in [-0.3, -0.25) is 4.57 Å². The molecule has 0 fully saturated rings. The highest BCUT2D eigenvalue weighted by atomic mass is 16.5. The maximum Gasteiger partial charge on any atom is 0.189 e. The summed E-state index contributed by atoms with van der Waals surface area (Å²) in [5, 5.41) is 5.55. The summed E-state index contributed by atoms with van der Waals surface area (Å²) in [5.41, 5.74) is 5.01. The lowest BCUT2D eigenvalue weighted by atomic mass is 10.2. The molecule has 0 aliphatic heterocycles. The fraction of sp³-hybridized carbons (Fsp3) is 0.174. The predicted molar refractivity (Wildman–Crippen MR) is 114 cm³/mol. The van der Waals surface area contributed by atoms with Gasteiger partial charge in [0.1, 0.15) is 24.4 Å². The Morgan fingerprint density at radius 1 is 0.900 bits per heavy atom. The van der Waals surface area contributed by atoms with Gasteiger partial charge in [0.05, 0.1) is 12.5 Å². The Kier molecular flexibility index (Phi) is 4.35. The minimum atomic E-state index is 0.271. The molecule has 5 aromatic rings. The van der Waals surface area contributed by atoms with Crippen molar-refractivity contribution in [3.05, 3.63) is 78.0 Å². The van der Waals surface area contributed by atoms with Crippen LogP contribution in [0.4, 0.5) is 0 Å². The van der Waals surface area contributed by atoms with Crippen molar-refractivity contribution < 1.29 is 9.47 Å². The van der Waals surface area contributed by atoms with Gasteiger partial charge in [-0.05, 0) is 55.8 Å². The third kappa shape index (κ3) is 2.95. The Bertz CT molecular complexity index is 1340. The minimum absolute atomic E-state index is 0.271. The molecule has 3 heterocycles. The second kappa shape index (κ2) is 7.18. The van der Waals surface area contributed by atoms with Crippen LogP contribution in [0, 0.1) is 13.8 Å². The van der Waals surface area contributed by atoms with E-state index in [4.69, 9.17) is 14.5 Å². The van der Waals surface area contributed by atoms with Crippen molar-refractivity contribution in [2.45, 2.75) is 20.5 Å². The first-order chi connectivity index (χ1) is 14.7. The van der Waals surface area contributed by atoms with Crippen LogP contribution in [0.15, 0.2) is 60.9 Å². The molecule has 0 aliphatic carbocycles. The lowest BCUT2D eigenvalue weighted by molar-refractivity contribution is 0.295. The van der Waals surface area contributed by atoms with Crippen LogP contribution in [0.5, 0.6) is 11.5 Å². The van der Waals surface area contributed by atoms with Crippen molar-refractivity contribution in [3.8, 4) is 17.2 Å². The fourth-order valence-corrected chi connectivity index (χ4v) is 3.68. The van der Waals surface area contributed by atoms with Gasteiger partial charge in [0.15, 0.2) is 17.1 Å². The summed E-state index contributed by atoms with van der Waals surface area (Å²) in [6.45, 7) is 4.47. The van der Waals surface area contributed by atoms with Gasteiger partial charge in [-0.1, -0.05) is 18.2 Å². The van der Waals surface area contributed by atoms with E-state index in [1.165, 1.54) is 0 Å². The number of ether oxygens (including phenoxy) is 2. The highest BCUT2D eigenvalue weighted by Crippen LogP contribution is 2.29. The van der Waals surface area contributed by atoms with Crippen LogP contribution < -0.4 is 9.47 Å². The average molecular weight is 399 g/mol. The number of benzene rings is 2.